The molecule has 0 fully saturated rings. The number of aliphatic hydroxyl groups is 1. The number of ether oxygens (including phenoxy) is 1. The van der Waals surface area contributed by atoms with E-state index < -0.39 is 6.10 Å². The molecule has 1 unspecified atom stereocenters. The molecule has 1 N–H and O–H groups in total. The van der Waals surface area contributed by atoms with E-state index in [1.807, 2.05) is 37.3 Å². The normalized spacial score (nSPS) is 12.5. The minimum atomic E-state index is -0.596. The van der Waals surface area contributed by atoms with Gasteiger partial charge in [-0.2, -0.15) is 0 Å². The Kier molecular flexibility index (Phi) is 4.46. The van der Waals surface area contributed by atoms with Crippen molar-refractivity contribution in [3.05, 3.63) is 64.7 Å². The fourth-order valence-electron chi connectivity index (χ4n) is 2.33. The number of aliphatic hydroxyl groups excluding tert-OH is 1. The SMILES string of the molecule is COc1ccc(C(O)c2ccc(C(C)C)cc2)cc1C. The van der Waals surface area contributed by atoms with E-state index in [0.29, 0.717) is 5.92 Å². The minimum absolute atomic E-state index is 0.504. The van der Waals surface area contributed by atoms with Crippen molar-refractivity contribution in [3.63, 3.8) is 0 Å². The highest BCUT2D eigenvalue weighted by molar-refractivity contribution is 5.40. The zero-order valence-corrected chi connectivity index (χ0v) is 12.6. The first-order chi connectivity index (χ1) is 9.52. The van der Waals surface area contributed by atoms with E-state index in [0.717, 1.165) is 22.4 Å². The third-order valence-corrected chi connectivity index (χ3v) is 3.65. The molecule has 0 heterocycles. The van der Waals surface area contributed by atoms with Crippen LogP contribution in [0.5, 0.6) is 5.75 Å². The van der Waals surface area contributed by atoms with Crippen molar-refractivity contribution in [2.45, 2.75) is 32.8 Å². The van der Waals surface area contributed by atoms with E-state index in [9.17, 15) is 5.11 Å². The Bertz CT molecular complexity index is 570. The number of rotatable bonds is 4. The van der Waals surface area contributed by atoms with Crippen molar-refractivity contribution in [2.75, 3.05) is 7.11 Å². The van der Waals surface area contributed by atoms with Gasteiger partial charge < -0.3 is 9.84 Å². The fourth-order valence-corrected chi connectivity index (χ4v) is 2.33. The van der Waals surface area contributed by atoms with Crippen LogP contribution in [0, 0.1) is 6.92 Å². The molecule has 0 saturated heterocycles. The third-order valence-electron chi connectivity index (χ3n) is 3.65. The molecule has 0 spiro atoms. The molecule has 1 atom stereocenters. The van der Waals surface area contributed by atoms with Gasteiger partial charge in [-0.15, -0.1) is 0 Å². The van der Waals surface area contributed by atoms with Crippen LogP contribution >= 0.6 is 0 Å². The van der Waals surface area contributed by atoms with Crippen LogP contribution in [0.4, 0.5) is 0 Å². The summed E-state index contributed by atoms with van der Waals surface area (Å²) in [5.74, 6) is 1.35. The molecule has 20 heavy (non-hydrogen) atoms. The number of aryl methyl sites for hydroxylation is 1. The Morgan fingerprint density at radius 3 is 1.95 bits per heavy atom. The van der Waals surface area contributed by atoms with Crippen molar-refractivity contribution in [1.82, 2.24) is 0 Å². The van der Waals surface area contributed by atoms with Gasteiger partial charge in [0, 0.05) is 0 Å². The van der Waals surface area contributed by atoms with Crippen molar-refractivity contribution in [1.29, 1.82) is 0 Å². The molecular weight excluding hydrogens is 248 g/mol. The molecule has 2 heteroatoms. The molecule has 2 nitrogen and oxygen atoms in total. The molecule has 0 aliphatic rings. The maximum Gasteiger partial charge on any atom is 0.121 e. The summed E-state index contributed by atoms with van der Waals surface area (Å²) in [6, 6.07) is 13.9. The molecule has 0 aromatic heterocycles. The predicted octanol–water partition coefficient (Wildman–Crippen LogP) is 4.21. The van der Waals surface area contributed by atoms with Gasteiger partial charge in [0.15, 0.2) is 0 Å². The lowest BCUT2D eigenvalue weighted by Gasteiger charge is -2.15. The largest absolute Gasteiger partial charge is 0.496 e. The second-order valence-corrected chi connectivity index (χ2v) is 5.45. The maximum absolute atomic E-state index is 10.5. The van der Waals surface area contributed by atoms with Gasteiger partial charge in [0.1, 0.15) is 11.9 Å². The number of hydrogen-bond donors (Lipinski definition) is 1. The summed E-state index contributed by atoms with van der Waals surface area (Å²) in [6.45, 7) is 6.31. The predicted molar refractivity (Wildman–Crippen MR) is 82.3 cm³/mol. The van der Waals surface area contributed by atoms with Crippen molar-refractivity contribution < 1.29 is 9.84 Å². The van der Waals surface area contributed by atoms with Gasteiger partial charge in [-0.1, -0.05) is 44.2 Å². The molecule has 0 bridgehead atoms. The van der Waals surface area contributed by atoms with Crippen molar-refractivity contribution in [2.24, 2.45) is 0 Å². The molecule has 0 radical (unpaired) electrons. The Morgan fingerprint density at radius 1 is 0.900 bits per heavy atom. The first kappa shape index (κ1) is 14.6. The van der Waals surface area contributed by atoms with Crippen LogP contribution in [-0.2, 0) is 0 Å². The standard InChI is InChI=1S/C18H22O2/c1-12(2)14-5-7-15(8-6-14)18(19)16-9-10-17(20-4)13(3)11-16/h5-12,18-19H,1-4H3. The summed E-state index contributed by atoms with van der Waals surface area (Å²) >= 11 is 0. The Hall–Kier alpha value is -1.80. The average Bonchev–Trinajstić information content (AvgIpc) is 2.46. The first-order valence-corrected chi connectivity index (χ1v) is 6.95. The third kappa shape index (κ3) is 3.02. The van der Waals surface area contributed by atoms with Gasteiger partial charge in [0.2, 0.25) is 0 Å². The zero-order chi connectivity index (χ0) is 14.7. The van der Waals surface area contributed by atoms with E-state index in [1.54, 1.807) is 7.11 Å². The molecule has 0 amide bonds. The quantitative estimate of drug-likeness (QED) is 0.901. The van der Waals surface area contributed by atoms with E-state index in [2.05, 4.69) is 26.0 Å². The number of benzene rings is 2. The van der Waals surface area contributed by atoms with Crippen LogP contribution in [-0.4, -0.2) is 12.2 Å². The molecule has 2 aromatic rings. The van der Waals surface area contributed by atoms with E-state index in [-0.39, 0.29) is 0 Å². The lowest BCUT2D eigenvalue weighted by molar-refractivity contribution is 0.220. The molecule has 0 aliphatic heterocycles. The summed E-state index contributed by atoms with van der Waals surface area (Å²) in [5.41, 5.74) is 4.12. The van der Waals surface area contributed by atoms with E-state index in [1.165, 1.54) is 5.56 Å². The molecule has 2 aromatic carbocycles. The summed E-state index contributed by atoms with van der Waals surface area (Å²) in [5, 5.41) is 10.5. The van der Waals surface area contributed by atoms with Crippen molar-refractivity contribution in [3.8, 4) is 5.75 Å². The molecule has 106 valence electrons. The Morgan fingerprint density at radius 2 is 1.45 bits per heavy atom. The highest BCUT2D eigenvalue weighted by Crippen LogP contribution is 2.27. The minimum Gasteiger partial charge on any atom is -0.496 e. The van der Waals surface area contributed by atoms with Gasteiger partial charge in [0.25, 0.3) is 0 Å². The summed E-state index contributed by atoms with van der Waals surface area (Å²) < 4.78 is 5.25. The summed E-state index contributed by atoms with van der Waals surface area (Å²) in [6.07, 6.45) is -0.596. The highest BCUT2D eigenvalue weighted by Gasteiger charge is 2.12. The Balaban J connectivity index is 2.26. The molecule has 0 aliphatic carbocycles. The lowest BCUT2D eigenvalue weighted by atomic mass is 9.96. The monoisotopic (exact) mass is 270 g/mol. The number of methoxy groups -OCH3 is 1. The lowest BCUT2D eigenvalue weighted by Crippen LogP contribution is -2.01. The smallest absolute Gasteiger partial charge is 0.121 e. The van der Waals surface area contributed by atoms with Crippen LogP contribution in [0.15, 0.2) is 42.5 Å². The summed E-state index contributed by atoms with van der Waals surface area (Å²) in [4.78, 5) is 0. The first-order valence-electron chi connectivity index (χ1n) is 6.95. The summed E-state index contributed by atoms with van der Waals surface area (Å²) in [7, 11) is 1.66. The topological polar surface area (TPSA) is 29.5 Å². The molecule has 0 saturated carbocycles. The van der Waals surface area contributed by atoms with E-state index in [4.69, 9.17) is 4.74 Å². The number of hydrogen-bond acceptors (Lipinski definition) is 2. The highest BCUT2D eigenvalue weighted by atomic mass is 16.5. The maximum atomic E-state index is 10.5. The molecule has 2 rings (SSSR count). The van der Waals surface area contributed by atoms with Crippen LogP contribution in [0.25, 0.3) is 0 Å². The second-order valence-electron chi connectivity index (χ2n) is 5.45. The van der Waals surface area contributed by atoms with Crippen LogP contribution in [0.3, 0.4) is 0 Å². The van der Waals surface area contributed by atoms with Crippen molar-refractivity contribution >= 4 is 0 Å². The van der Waals surface area contributed by atoms with Gasteiger partial charge in [-0.05, 0) is 47.2 Å². The zero-order valence-electron chi connectivity index (χ0n) is 12.6. The van der Waals surface area contributed by atoms with Crippen LogP contribution in [0.1, 0.15) is 48.1 Å². The average molecular weight is 270 g/mol. The Labute approximate surface area is 121 Å². The second kappa shape index (κ2) is 6.10. The van der Waals surface area contributed by atoms with Gasteiger partial charge in [-0.25, -0.2) is 0 Å². The van der Waals surface area contributed by atoms with Crippen LogP contribution in [0.2, 0.25) is 0 Å². The van der Waals surface area contributed by atoms with Gasteiger partial charge >= 0.3 is 0 Å². The van der Waals surface area contributed by atoms with E-state index >= 15 is 0 Å². The van der Waals surface area contributed by atoms with Gasteiger partial charge in [-0.3, -0.25) is 0 Å². The molecular formula is C18H22O2. The fraction of sp³-hybridized carbons (Fsp3) is 0.333. The van der Waals surface area contributed by atoms with Crippen LogP contribution < -0.4 is 4.74 Å². The van der Waals surface area contributed by atoms with Gasteiger partial charge in [0.05, 0.1) is 7.11 Å².